The van der Waals surface area contributed by atoms with Crippen molar-refractivity contribution in [1.82, 2.24) is 19.4 Å². The molecule has 4 aromatic rings. The van der Waals surface area contributed by atoms with E-state index in [-0.39, 0.29) is 30.1 Å². The van der Waals surface area contributed by atoms with Crippen molar-refractivity contribution >= 4 is 18.0 Å². The zero-order valence-electron chi connectivity index (χ0n) is 23.2. The van der Waals surface area contributed by atoms with Crippen LogP contribution in [-0.2, 0) is 16.1 Å². The van der Waals surface area contributed by atoms with Gasteiger partial charge in [-0.05, 0) is 38.3 Å². The molecule has 11 heteroatoms. The smallest absolute Gasteiger partial charge is 0.278 e. The summed E-state index contributed by atoms with van der Waals surface area (Å²) in [5, 5.41) is 15.6. The second-order valence-electron chi connectivity index (χ2n) is 9.72. The molecule has 2 heterocycles. The second-order valence-corrected chi connectivity index (χ2v) is 9.72. The minimum Gasteiger partial charge on any atom is -0.500 e. The molecule has 4 rings (SSSR count). The third-order valence-electron chi connectivity index (χ3n) is 6.59. The van der Waals surface area contributed by atoms with Crippen molar-refractivity contribution in [2.45, 2.75) is 45.2 Å². The quantitative estimate of drug-likeness (QED) is 0.155. The molecule has 3 N–H and O–H groups in total. The molecule has 2 aromatic carbocycles. The summed E-state index contributed by atoms with van der Waals surface area (Å²) in [6.45, 7) is 1.93. The molecule has 0 bridgehead atoms. The van der Waals surface area contributed by atoms with Gasteiger partial charge in [0, 0.05) is 29.6 Å². The maximum Gasteiger partial charge on any atom is 0.278 e. The van der Waals surface area contributed by atoms with Crippen LogP contribution in [0.5, 0.6) is 11.6 Å². The molecule has 0 saturated heterocycles. The molecule has 0 saturated carbocycles. The van der Waals surface area contributed by atoms with Gasteiger partial charge in [-0.2, -0.15) is 0 Å². The van der Waals surface area contributed by atoms with Gasteiger partial charge in [0.2, 0.25) is 29.4 Å². The van der Waals surface area contributed by atoms with E-state index >= 15 is 0 Å². The Bertz CT molecular complexity index is 1620. The minimum absolute atomic E-state index is 0.0164. The topological polar surface area (TPSA) is 145 Å². The van der Waals surface area contributed by atoms with E-state index in [9.17, 15) is 24.3 Å². The van der Waals surface area contributed by atoms with Crippen LogP contribution in [0.15, 0.2) is 88.7 Å². The number of pyridine rings is 1. The van der Waals surface area contributed by atoms with Gasteiger partial charge in [-0.1, -0.05) is 55.0 Å². The van der Waals surface area contributed by atoms with Crippen molar-refractivity contribution < 1.29 is 19.4 Å². The first-order valence-electron chi connectivity index (χ1n) is 13.7. The number of aromatic nitrogens is 3. The molecule has 0 aliphatic rings. The van der Waals surface area contributed by atoms with Crippen molar-refractivity contribution in [3.8, 4) is 28.7 Å². The average molecular weight is 572 g/mol. The summed E-state index contributed by atoms with van der Waals surface area (Å²) in [7, 11) is 0. The molecule has 2 amide bonds. The number of unbranched alkanes of at least 4 members (excludes halogenated alkanes) is 2. The summed E-state index contributed by atoms with van der Waals surface area (Å²) >= 11 is 0. The van der Waals surface area contributed by atoms with E-state index in [0.29, 0.717) is 37.2 Å². The monoisotopic (exact) mass is 571 g/mol. The lowest BCUT2D eigenvalue weighted by Crippen LogP contribution is -2.38. The summed E-state index contributed by atoms with van der Waals surface area (Å²) in [6, 6.07) is 19.4. The molecule has 0 spiro atoms. The predicted molar refractivity (Wildman–Crippen MR) is 159 cm³/mol. The fourth-order valence-electron chi connectivity index (χ4n) is 4.49. The number of amides is 2. The molecule has 2 aromatic heterocycles. The van der Waals surface area contributed by atoms with Gasteiger partial charge in [0.1, 0.15) is 18.1 Å². The first-order chi connectivity index (χ1) is 20.4. The SMILES string of the molecule is CC(CCCCCOc1c(O)c(=O)ccn1-c1ccccc1)NC(=O)Cn1c(-c2ccccc2)ncc(NC=O)c1=O. The van der Waals surface area contributed by atoms with Crippen molar-refractivity contribution in [2.75, 3.05) is 11.9 Å². The second kappa shape index (κ2) is 14.4. The fourth-order valence-corrected chi connectivity index (χ4v) is 4.49. The summed E-state index contributed by atoms with van der Waals surface area (Å²) in [6.07, 6.45) is 6.21. The highest BCUT2D eigenvalue weighted by molar-refractivity contribution is 5.77. The number of benzene rings is 2. The number of nitrogens with zero attached hydrogens (tertiary/aromatic N) is 3. The number of carbonyl (C=O) groups is 2. The lowest BCUT2D eigenvalue weighted by Gasteiger charge is -2.17. The number of rotatable bonds is 14. The van der Waals surface area contributed by atoms with Gasteiger partial charge in [-0.25, -0.2) is 4.98 Å². The number of anilines is 1. The van der Waals surface area contributed by atoms with Crippen molar-refractivity contribution in [3.05, 3.63) is 99.7 Å². The normalized spacial score (nSPS) is 11.5. The van der Waals surface area contributed by atoms with Crippen LogP contribution in [0.25, 0.3) is 17.1 Å². The van der Waals surface area contributed by atoms with Gasteiger partial charge in [0.25, 0.3) is 5.56 Å². The largest absolute Gasteiger partial charge is 0.500 e. The molecule has 1 unspecified atom stereocenters. The molecular formula is C31H33N5O6. The van der Waals surface area contributed by atoms with Gasteiger partial charge < -0.3 is 20.5 Å². The summed E-state index contributed by atoms with van der Waals surface area (Å²) in [5.41, 5.74) is 0.369. The Morgan fingerprint density at radius 1 is 1.02 bits per heavy atom. The number of carbonyl (C=O) groups excluding carboxylic acids is 2. The Kier molecular flexibility index (Phi) is 10.2. The van der Waals surface area contributed by atoms with Crippen LogP contribution < -0.4 is 26.4 Å². The van der Waals surface area contributed by atoms with Gasteiger partial charge >= 0.3 is 0 Å². The molecule has 1 atom stereocenters. The number of nitrogens with one attached hydrogen (secondary N) is 2. The lowest BCUT2D eigenvalue weighted by atomic mass is 10.1. The number of hydrogen-bond donors (Lipinski definition) is 3. The standard InChI is InChI=1S/C31H33N5O6/c1-22(11-5-4-10-18-42-31-28(40)26(38)16-17-35(31)24-14-8-3-9-15-24)34-27(39)20-36-29(23-12-6-2-7-13-23)32-19-25(30(36)41)33-21-37/h2-3,6-9,12-17,19,21-22,40H,4-5,10-11,18,20H2,1H3,(H,33,37)(H,34,39). The highest BCUT2D eigenvalue weighted by Crippen LogP contribution is 2.25. The van der Waals surface area contributed by atoms with E-state index in [1.54, 1.807) is 35.0 Å². The summed E-state index contributed by atoms with van der Waals surface area (Å²) < 4.78 is 8.68. The maximum absolute atomic E-state index is 13.0. The van der Waals surface area contributed by atoms with Gasteiger partial charge in [-0.3, -0.25) is 28.3 Å². The van der Waals surface area contributed by atoms with Gasteiger partial charge in [0.05, 0.1) is 12.8 Å². The molecular weight excluding hydrogens is 538 g/mol. The minimum atomic E-state index is -0.527. The molecule has 0 fully saturated rings. The Hall–Kier alpha value is -5.19. The molecule has 42 heavy (non-hydrogen) atoms. The first kappa shape index (κ1) is 29.8. The zero-order chi connectivity index (χ0) is 29.9. The number of hydrogen-bond acceptors (Lipinski definition) is 7. The van der Waals surface area contributed by atoms with E-state index in [2.05, 4.69) is 15.6 Å². The maximum atomic E-state index is 13.0. The van der Waals surface area contributed by atoms with Gasteiger partial charge in [0.15, 0.2) is 0 Å². The van der Waals surface area contributed by atoms with E-state index in [1.165, 1.54) is 16.8 Å². The lowest BCUT2D eigenvalue weighted by molar-refractivity contribution is -0.122. The molecule has 218 valence electrons. The molecule has 0 radical (unpaired) electrons. The summed E-state index contributed by atoms with van der Waals surface area (Å²) in [4.78, 5) is 53.0. The van der Waals surface area contributed by atoms with Crippen molar-refractivity contribution in [3.63, 3.8) is 0 Å². The van der Waals surface area contributed by atoms with Crippen LogP contribution in [-0.4, -0.2) is 44.2 Å². The fraction of sp³-hybridized carbons (Fsp3) is 0.258. The third-order valence-corrected chi connectivity index (χ3v) is 6.59. The van der Waals surface area contributed by atoms with Crippen LogP contribution in [0.1, 0.15) is 32.6 Å². The first-order valence-corrected chi connectivity index (χ1v) is 13.7. The predicted octanol–water partition coefficient (Wildman–Crippen LogP) is 3.48. The van der Waals surface area contributed by atoms with Crippen LogP contribution >= 0.6 is 0 Å². The Balaban J connectivity index is 1.28. The van der Waals surface area contributed by atoms with Crippen LogP contribution in [0.3, 0.4) is 0 Å². The Labute approximate surface area is 242 Å². The number of para-hydroxylation sites is 1. The molecule has 11 nitrogen and oxygen atoms in total. The van der Waals surface area contributed by atoms with Crippen LogP contribution in [0, 0.1) is 0 Å². The molecule has 0 aliphatic carbocycles. The van der Waals surface area contributed by atoms with E-state index < -0.39 is 16.7 Å². The van der Waals surface area contributed by atoms with Crippen LogP contribution in [0.2, 0.25) is 0 Å². The van der Waals surface area contributed by atoms with Crippen molar-refractivity contribution in [2.24, 2.45) is 0 Å². The van der Waals surface area contributed by atoms with Crippen LogP contribution in [0.4, 0.5) is 5.69 Å². The number of ether oxygens (including phenoxy) is 1. The Morgan fingerprint density at radius 3 is 2.45 bits per heavy atom. The van der Waals surface area contributed by atoms with Crippen molar-refractivity contribution in [1.29, 1.82) is 0 Å². The zero-order valence-corrected chi connectivity index (χ0v) is 23.2. The Morgan fingerprint density at radius 2 is 1.74 bits per heavy atom. The highest BCUT2D eigenvalue weighted by Gasteiger charge is 2.17. The molecule has 0 aliphatic heterocycles. The van der Waals surface area contributed by atoms with E-state index in [4.69, 9.17) is 4.74 Å². The highest BCUT2D eigenvalue weighted by atomic mass is 16.5. The average Bonchev–Trinajstić information content (AvgIpc) is 3.00. The third kappa shape index (κ3) is 7.51. The van der Waals surface area contributed by atoms with E-state index in [0.717, 1.165) is 18.5 Å². The number of aromatic hydroxyl groups is 1. The van der Waals surface area contributed by atoms with E-state index in [1.807, 2.05) is 43.3 Å². The summed E-state index contributed by atoms with van der Waals surface area (Å²) in [5.74, 6) is -0.369. The van der Waals surface area contributed by atoms with Gasteiger partial charge in [-0.15, -0.1) is 0 Å².